The van der Waals surface area contributed by atoms with E-state index in [9.17, 15) is 22.8 Å². The van der Waals surface area contributed by atoms with Crippen LogP contribution < -0.4 is 11.1 Å². The van der Waals surface area contributed by atoms with Crippen LogP contribution in [0.5, 0.6) is 0 Å². The minimum atomic E-state index is -4.52. The predicted molar refractivity (Wildman–Crippen MR) is 127 cm³/mol. The molecule has 0 radical (unpaired) electrons. The van der Waals surface area contributed by atoms with Gasteiger partial charge in [0.1, 0.15) is 5.82 Å². The SMILES string of the molecule is Nc1ncc(NC(=O)C(=O)N(Cc2ccc(C(F)(F)F)cn2)[C@@H]2CCc3ccccc32)cc1C1CC1. The summed E-state index contributed by atoms with van der Waals surface area (Å²) in [5, 5.41) is 2.62. The Hall–Kier alpha value is -3.95. The van der Waals surface area contributed by atoms with Crippen molar-refractivity contribution in [2.75, 3.05) is 11.1 Å². The zero-order chi connectivity index (χ0) is 25.4. The fourth-order valence-electron chi connectivity index (χ4n) is 4.64. The van der Waals surface area contributed by atoms with Gasteiger partial charge in [-0.3, -0.25) is 14.6 Å². The highest BCUT2D eigenvalue weighted by Gasteiger charge is 2.35. The summed E-state index contributed by atoms with van der Waals surface area (Å²) in [6.45, 7) is -0.114. The number of nitrogens with one attached hydrogen (secondary N) is 1. The molecule has 5 rings (SSSR count). The number of carbonyl (C=O) groups is 2. The zero-order valence-corrected chi connectivity index (χ0v) is 19.3. The molecule has 2 aromatic heterocycles. The van der Waals surface area contributed by atoms with Crippen LogP contribution in [0, 0.1) is 0 Å². The van der Waals surface area contributed by atoms with Gasteiger partial charge in [-0.1, -0.05) is 24.3 Å². The van der Waals surface area contributed by atoms with Crippen molar-refractivity contribution in [1.29, 1.82) is 0 Å². The molecule has 36 heavy (non-hydrogen) atoms. The summed E-state index contributed by atoms with van der Waals surface area (Å²) in [5.41, 5.74) is 8.50. The van der Waals surface area contributed by atoms with E-state index in [0.29, 0.717) is 23.8 Å². The number of nitrogens with zero attached hydrogens (tertiary/aromatic N) is 3. The molecule has 7 nitrogen and oxygen atoms in total. The van der Waals surface area contributed by atoms with Gasteiger partial charge in [-0.05, 0) is 66.5 Å². The Morgan fingerprint density at radius 3 is 2.50 bits per heavy atom. The van der Waals surface area contributed by atoms with Gasteiger partial charge in [0.05, 0.1) is 35.7 Å². The standard InChI is InChI=1S/C26H24F3N5O2/c27-26(28,29)17-8-9-18(31-12-17)14-34(22-10-7-15-3-1-2-4-20(15)22)25(36)24(35)33-19-11-21(16-5-6-16)23(30)32-13-19/h1-4,8-9,11-13,16,22H,5-7,10,14H2,(H2,30,32)(H,33,35)/t22-/m1/s1. The summed E-state index contributed by atoms with van der Waals surface area (Å²) in [4.78, 5) is 35.9. The van der Waals surface area contributed by atoms with Crippen LogP contribution in [0.15, 0.2) is 54.9 Å². The van der Waals surface area contributed by atoms with E-state index >= 15 is 0 Å². The molecule has 0 aliphatic heterocycles. The fraction of sp³-hybridized carbons (Fsp3) is 0.308. The molecule has 10 heteroatoms. The van der Waals surface area contributed by atoms with Crippen molar-refractivity contribution in [3.05, 3.63) is 82.8 Å². The number of carbonyl (C=O) groups excluding carboxylic acids is 2. The Morgan fingerprint density at radius 1 is 1.03 bits per heavy atom. The minimum absolute atomic E-state index is 0.114. The number of rotatable bonds is 5. The van der Waals surface area contributed by atoms with Crippen molar-refractivity contribution < 1.29 is 22.8 Å². The molecule has 1 atom stereocenters. The molecule has 1 fully saturated rings. The minimum Gasteiger partial charge on any atom is -0.383 e. The summed E-state index contributed by atoms with van der Waals surface area (Å²) in [6, 6.07) is 11.1. The van der Waals surface area contributed by atoms with E-state index in [1.807, 2.05) is 24.3 Å². The van der Waals surface area contributed by atoms with E-state index in [2.05, 4.69) is 15.3 Å². The van der Waals surface area contributed by atoms with Crippen LogP contribution in [0.2, 0.25) is 0 Å². The van der Waals surface area contributed by atoms with E-state index in [1.54, 1.807) is 6.07 Å². The number of nitrogens with two attached hydrogens (primary N) is 1. The number of hydrogen-bond donors (Lipinski definition) is 2. The Labute approximate surface area is 205 Å². The van der Waals surface area contributed by atoms with Crippen LogP contribution in [0.4, 0.5) is 24.7 Å². The molecule has 1 saturated carbocycles. The molecule has 2 aliphatic carbocycles. The third-order valence-corrected chi connectivity index (χ3v) is 6.64. The Bertz CT molecular complexity index is 1310. The van der Waals surface area contributed by atoms with E-state index < -0.39 is 29.6 Å². The van der Waals surface area contributed by atoms with Crippen molar-refractivity contribution in [3.63, 3.8) is 0 Å². The van der Waals surface area contributed by atoms with Gasteiger partial charge in [0.25, 0.3) is 0 Å². The summed E-state index contributed by atoms with van der Waals surface area (Å²) in [5.74, 6) is -0.954. The molecule has 2 amide bonds. The second-order valence-electron chi connectivity index (χ2n) is 9.15. The van der Waals surface area contributed by atoms with Crippen molar-refractivity contribution in [3.8, 4) is 0 Å². The highest BCUT2D eigenvalue weighted by Crippen LogP contribution is 2.43. The quantitative estimate of drug-likeness (QED) is 0.504. The number of aryl methyl sites for hydroxylation is 1. The Balaban J connectivity index is 1.40. The number of fused-ring (bicyclic) bond motifs is 1. The van der Waals surface area contributed by atoms with E-state index in [4.69, 9.17) is 5.73 Å². The summed E-state index contributed by atoms with van der Waals surface area (Å²) in [6.07, 6.45) is 0.929. The average molecular weight is 496 g/mol. The lowest BCUT2D eigenvalue weighted by molar-refractivity contribution is -0.145. The normalized spacial score (nSPS) is 16.9. The van der Waals surface area contributed by atoms with Gasteiger partial charge in [0, 0.05) is 6.20 Å². The van der Waals surface area contributed by atoms with Crippen LogP contribution in [0.1, 0.15) is 59.2 Å². The Morgan fingerprint density at radius 2 is 1.81 bits per heavy atom. The number of aromatic nitrogens is 2. The molecule has 0 spiro atoms. The molecule has 3 aromatic rings. The second-order valence-corrected chi connectivity index (χ2v) is 9.15. The van der Waals surface area contributed by atoms with Crippen LogP contribution in [0.25, 0.3) is 0 Å². The van der Waals surface area contributed by atoms with Gasteiger partial charge in [-0.15, -0.1) is 0 Å². The number of anilines is 2. The maximum atomic E-state index is 13.4. The molecule has 0 saturated heterocycles. The molecule has 0 unspecified atom stereocenters. The number of hydrogen-bond acceptors (Lipinski definition) is 5. The third-order valence-electron chi connectivity index (χ3n) is 6.64. The van der Waals surface area contributed by atoms with Gasteiger partial charge >= 0.3 is 18.0 Å². The number of amides is 2. The lowest BCUT2D eigenvalue weighted by Crippen LogP contribution is -2.41. The summed E-state index contributed by atoms with van der Waals surface area (Å²) >= 11 is 0. The van der Waals surface area contributed by atoms with Crippen molar-refractivity contribution in [2.24, 2.45) is 0 Å². The van der Waals surface area contributed by atoms with Gasteiger partial charge in [0.2, 0.25) is 0 Å². The van der Waals surface area contributed by atoms with E-state index in [0.717, 1.165) is 48.2 Å². The predicted octanol–water partition coefficient (Wildman–Crippen LogP) is 4.61. The number of nitrogen functional groups attached to an aromatic ring is 1. The maximum Gasteiger partial charge on any atom is 0.417 e. The number of halogens is 3. The van der Waals surface area contributed by atoms with Crippen molar-refractivity contribution in [1.82, 2.24) is 14.9 Å². The van der Waals surface area contributed by atoms with Gasteiger partial charge in [-0.25, -0.2) is 4.98 Å². The third kappa shape index (κ3) is 4.89. The summed E-state index contributed by atoms with van der Waals surface area (Å²) < 4.78 is 38.9. The van der Waals surface area contributed by atoms with Crippen LogP contribution in [-0.4, -0.2) is 26.7 Å². The molecular formula is C26H24F3N5O2. The van der Waals surface area contributed by atoms with E-state index in [-0.39, 0.29) is 12.2 Å². The molecule has 2 aliphatic rings. The number of benzene rings is 1. The highest BCUT2D eigenvalue weighted by molar-refractivity contribution is 6.39. The van der Waals surface area contributed by atoms with E-state index in [1.165, 1.54) is 17.2 Å². The largest absolute Gasteiger partial charge is 0.417 e. The van der Waals surface area contributed by atoms with Crippen molar-refractivity contribution >= 4 is 23.3 Å². The molecule has 186 valence electrons. The molecular weight excluding hydrogens is 471 g/mol. The van der Waals surface area contributed by atoms with Gasteiger partial charge < -0.3 is 16.0 Å². The maximum absolute atomic E-state index is 13.4. The lowest BCUT2D eigenvalue weighted by Gasteiger charge is -2.29. The summed E-state index contributed by atoms with van der Waals surface area (Å²) in [7, 11) is 0. The first-order chi connectivity index (χ1) is 17.2. The van der Waals surface area contributed by atoms with Crippen LogP contribution in [0.3, 0.4) is 0 Å². The molecule has 2 heterocycles. The molecule has 3 N–H and O–H groups in total. The average Bonchev–Trinajstić information content (AvgIpc) is 3.62. The van der Waals surface area contributed by atoms with Crippen molar-refractivity contribution in [2.45, 2.75) is 50.4 Å². The van der Waals surface area contributed by atoms with Gasteiger partial charge in [-0.2, -0.15) is 13.2 Å². The molecule has 0 bridgehead atoms. The second kappa shape index (κ2) is 9.25. The first kappa shape index (κ1) is 23.8. The first-order valence-electron chi connectivity index (χ1n) is 11.7. The topological polar surface area (TPSA) is 101 Å². The fourth-order valence-corrected chi connectivity index (χ4v) is 4.64. The van der Waals surface area contributed by atoms with Crippen LogP contribution >= 0.6 is 0 Å². The smallest absolute Gasteiger partial charge is 0.383 e. The van der Waals surface area contributed by atoms with Gasteiger partial charge in [0.15, 0.2) is 0 Å². The first-order valence-corrected chi connectivity index (χ1v) is 11.7. The molecule has 1 aromatic carbocycles. The number of pyridine rings is 2. The lowest BCUT2D eigenvalue weighted by atomic mass is 10.1. The monoisotopic (exact) mass is 495 g/mol. The Kier molecular flexibility index (Phi) is 6.11. The van der Waals surface area contributed by atoms with Crippen LogP contribution in [-0.2, 0) is 28.7 Å². The zero-order valence-electron chi connectivity index (χ0n) is 19.3. The highest BCUT2D eigenvalue weighted by atomic mass is 19.4. The number of alkyl halides is 3.